The minimum atomic E-state index is 0. The van der Waals surface area contributed by atoms with Crippen LogP contribution < -0.4 is 5.73 Å². The summed E-state index contributed by atoms with van der Waals surface area (Å²) in [7, 11) is 3.72. The fraction of sp³-hybridized carbons (Fsp3) is 0.625. The van der Waals surface area contributed by atoms with Crippen molar-refractivity contribution in [1.82, 2.24) is 4.90 Å². The van der Waals surface area contributed by atoms with Crippen molar-refractivity contribution in [2.24, 2.45) is 10.7 Å². The number of nitrogens with two attached hydrogens (primary N) is 1. The average Bonchev–Trinajstić information content (AvgIpc) is 1.97. The molecule has 0 aliphatic carbocycles. The molecule has 2 N–H and O–H groups in total. The van der Waals surface area contributed by atoms with Crippen LogP contribution in [-0.2, 0) is 0 Å². The molecule has 0 saturated carbocycles. The molecule has 0 spiro atoms. The number of hydrogen-bond donors (Lipinski definition) is 1. The summed E-state index contributed by atoms with van der Waals surface area (Å²) in [5, 5.41) is 0. The molecule has 0 aromatic rings. The fourth-order valence-electron chi connectivity index (χ4n) is 0.516. The molecular formula is C8H16IN3. The molecule has 0 bridgehead atoms. The van der Waals surface area contributed by atoms with Crippen molar-refractivity contribution in [3.8, 4) is 12.3 Å². The third-order valence-corrected chi connectivity index (χ3v) is 1.21. The number of nitrogens with zero attached hydrogens (tertiary/aromatic N) is 2. The molecule has 0 aliphatic heterocycles. The largest absolute Gasteiger partial charge is 0.370 e. The Morgan fingerprint density at radius 1 is 1.58 bits per heavy atom. The van der Waals surface area contributed by atoms with Crippen molar-refractivity contribution >= 4 is 29.9 Å². The van der Waals surface area contributed by atoms with Crippen molar-refractivity contribution in [2.45, 2.75) is 12.8 Å². The Hall–Kier alpha value is -0.440. The van der Waals surface area contributed by atoms with Crippen LogP contribution in [0.2, 0.25) is 0 Å². The van der Waals surface area contributed by atoms with Gasteiger partial charge >= 0.3 is 0 Å². The summed E-state index contributed by atoms with van der Waals surface area (Å²) in [4.78, 5) is 5.86. The van der Waals surface area contributed by atoms with Gasteiger partial charge in [0.2, 0.25) is 0 Å². The molecule has 0 aliphatic rings. The van der Waals surface area contributed by atoms with E-state index in [1.807, 2.05) is 14.1 Å². The summed E-state index contributed by atoms with van der Waals surface area (Å²) in [6.45, 7) is 0.716. The van der Waals surface area contributed by atoms with Gasteiger partial charge in [-0.25, -0.2) is 0 Å². The highest BCUT2D eigenvalue weighted by Gasteiger charge is 1.91. The second kappa shape index (κ2) is 8.65. The first-order chi connectivity index (χ1) is 5.18. The highest BCUT2D eigenvalue weighted by Crippen LogP contribution is 1.87. The summed E-state index contributed by atoms with van der Waals surface area (Å²) in [5.74, 6) is 3.10. The Kier molecular flexibility index (Phi) is 10.2. The van der Waals surface area contributed by atoms with E-state index in [-0.39, 0.29) is 24.0 Å². The van der Waals surface area contributed by atoms with Gasteiger partial charge in [-0.2, -0.15) is 0 Å². The normalized spacial score (nSPS) is 9.92. The number of aliphatic imine (C=N–C) groups is 1. The summed E-state index contributed by atoms with van der Waals surface area (Å²) < 4.78 is 0. The zero-order valence-corrected chi connectivity index (χ0v) is 9.91. The molecule has 70 valence electrons. The van der Waals surface area contributed by atoms with Crippen LogP contribution in [0, 0.1) is 12.3 Å². The lowest BCUT2D eigenvalue weighted by Crippen LogP contribution is -2.30. The van der Waals surface area contributed by atoms with Crippen LogP contribution in [-0.4, -0.2) is 31.5 Å². The van der Waals surface area contributed by atoms with Gasteiger partial charge in [-0.1, -0.05) is 0 Å². The second-order valence-corrected chi connectivity index (χ2v) is 2.44. The molecule has 0 rings (SSSR count). The third-order valence-electron chi connectivity index (χ3n) is 1.21. The molecule has 0 amide bonds. The summed E-state index contributed by atoms with van der Waals surface area (Å²) in [6, 6.07) is 0. The fourth-order valence-corrected chi connectivity index (χ4v) is 0.516. The molecule has 0 unspecified atom stereocenters. The first-order valence-corrected chi connectivity index (χ1v) is 3.59. The predicted octanol–water partition coefficient (Wildman–Crippen LogP) is 0.894. The van der Waals surface area contributed by atoms with Crippen LogP contribution in [0.3, 0.4) is 0 Å². The number of halogens is 1. The van der Waals surface area contributed by atoms with E-state index in [0.29, 0.717) is 12.5 Å². The van der Waals surface area contributed by atoms with E-state index >= 15 is 0 Å². The monoisotopic (exact) mass is 281 g/mol. The first-order valence-electron chi connectivity index (χ1n) is 3.59. The number of guanidine groups is 1. The Morgan fingerprint density at radius 3 is 2.58 bits per heavy atom. The lowest BCUT2D eigenvalue weighted by molar-refractivity contribution is 0.608. The van der Waals surface area contributed by atoms with Crippen molar-refractivity contribution in [2.75, 3.05) is 20.6 Å². The lowest BCUT2D eigenvalue weighted by atomic mass is 10.3. The van der Waals surface area contributed by atoms with Gasteiger partial charge in [-0.3, -0.25) is 4.99 Å². The molecule has 0 aromatic heterocycles. The van der Waals surface area contributed by atoms with E-state index in [9.17, 15) is 0 Å². The number of hydrogen-bond acceptors (Lipinski definition) is 1. The van der Waals surface area contributed by atoms with Crippen LogP contribution in [0.15, 0.2) is 4.99 Å². The quantitative estimate of drug-likeness (QED) is 0.274. The van der Waals surface area contributed by atoms with Crippen molar-refractivity contribution in [3.05, 3.63) is 0 Å². The maximum atomic E-state index is 5.52. The predicted molar refractivity (Wildman–Crippen MR) is 63.7 cm³/mol. The van der Waals surface area contributed by atoms with Crippen molar-refractivity contribution < 1.29 is 0 Å². The molecule has 3 nitrogen and oxygen atoms in total. The van der Waals surface area contributed by atoms with Gasteiger partial charge in [0.15, 0.2) is 5.96 Å². The standard InChI is InChI=1S/C8H15N3.HI/c1-4-5-6-7-10-8(9)11(2)3;/h1H,5-7H2,2-3H3,(H2,9,10);1H. The molecule has 0 fully saturated rings. The Balaban J connectivity index is 0. The van der Waals surface area contributed by atoms with Gasteiger partial charge in [-0.05, 0) is 6.42 Å². The van der Waals surface area contributed by atoms with Crippen molar-refractivity contribution in [1.29, 1.82) is 0 Å². The van der Waals surface area contributed by atoms with E-state index in [1.54, 1.807) is 4.90 Å². The van der Waals surface area contributed by atoms with Crippen molar-refractivity contribution in [3.63, 3.8) is 0 Å². The van der Waals surface area contributed by atoms with Gasteiger partial charge in [0, 0.05) is 27.1 Å². The molecule has 0 saturated heterocycles. The molecule has 0 atom stereocenters. The molecule has 0 aromatic carbocycles. The van der Waals surface area contributed by atoms with Crippen LogP contribution in [0.5, 0.6) is 0 Å². The second-order valence-electron chi connectivity index (χ2n) is 2.44. The maximum absolute atomic E-state index is 5.52. The van der Waals surface area contributed by atoms with E-state index in [4.69, 9.17) is 12.2 Å². The van der Waals surface area contributed by atoms with Gasteiger partial charge in [-0.15, -0.1) is 36.3 Å². The molecule has 12 heavy (non-hydrogen) atoms. The Morgan fingerprint density at radius 2 is 2.17 bits per heavy atom. The highest BCUT2D eigenvalue weighted by molar-refractivity contribution is 14.0. The van der Waals surface area contributed by atoms with Gasteiger partial charge in [0.25, 0.3) is 0 Å². The highest BCUT2D eigenvalue weighted by atomic mass is 127. The summed E-state index contributed by atoms with van der Waals surface area (Å²) in [5.41, 5.74) is 5.52. The van der Waals surface area contributed by atoms with Gasteiger partial charge in [0.05, 0.1) is 0 Å². The Labute approximate surface area is 91.4 Å². The Bertz CT molecular complexity index is 170. The minimum absolute atomic E-state index is 0. The third kappa shape index (κ3) is 7.66. The molecule has 0 radical (unpaired) electrons. The number of unbranched alkanes of at least 4 members (excludes halogenated alkanes) is 1. The summed E-state index contributed by atoms with van der Waals surface area (Å²) in [6.07, 6.45) is 6.74. The van der Waals surface area contributed by atoms with Gasteiger partial charge in [0.1, 0.15) is 0 Å². The van der Waals surface area contributed by atoms with Crippen LogP contribution in [0.4, 0.5) is 0 Å². The summed E-state index contributed by atoms with van der Waals surface area (Å²) >= 11 is 0. The van der Waals surface area contributed by atoms with E-state index in [1.165, 1.54) is 0 Å². The minimum Gasteiger partial charge on any atom is -0.370 e. The maximum Gasteiger partial charge on any atom is 0.190 e. The number of rotatable bonds is 3. The van der Waals surface area contributed by atoms with Crippen LogP contribution in [0.25, 0.3) is 0 Å². The first kappa shape index (κ1) is 14.1. The molecular weight excluding hydrogens is 265 g/mol. The topological polar surface area (TPSA) is 41.6 Å². The van der Waals surface area contributed by atoms with Crippen LogP contribution >= 0.6 is 24.0 Å². The average molecular weight is 281 g/mol. The van der Waals surface area contributed by atoms with E-state index in [2.05, 4.69) is 10.9 Å². The zero-order chi connectivity index (χ0) is 8.69. The molecule has 0 heterocycles. The SMILES string of the molecule is C#CCCCN=C(N)N(C)C.I. The van der Waals surface area contributed by atoms with Crippen LogP contribution in [0.1, 0.15) is 12.8 Å². The lowest BCUT2D eigenvalue weighted by Gasteiger charge is -2.09. The smallest absolute Gasteiger partial charge is 0.190 e. The van der Waals surface area contributed by atoms with E-state index < -0.39 is 0 Å². The zero-order valence-electron chi connectivity index (χ0n) is 7.58. The molecule has 4 heteroatoms. The van der Waals surface area contributed by atoms with E-state index in [0.717, 1.165) is 12.8 Å². The van der Waals surface area contributed by atoms with Gasteiger partial charge < -0.3 is 10.6 Å². The number of terminal acetylenes is 1.